The molecule has 0 saturated carbocycles. The largest absolute Gasteiger partial charge is 0.398 e. The number of nitrogens with zero attached hydrogens (tertiary/aromatic N) is 3. The maximum absolute atomic E-state index is 9.19. The Morgan fingerprint density at radius 1 is 1.30 bits per heavy atom. The van der Waals surface area contributed by atoms with Crippen LogP contribution >= 0.6 is 11.8 Å². The lowest BCUT2D eigenvalue weighted by Gasteiger charge is -2.15. The van der Waals surface area contributed by atoms with Gasteiger partial charge in [0, 0.05) is 38.8 Å². The zero-order valence-corrected chi connectivity index (χ0v) is 11.4. The van der Waals surface area contributed by atoms with Gasteiger partial charge in [-0.15, -0.1) is 0 Å². The van der Waals surface area contributed by atoms with Crippen molar-refractivity contribution in [2.75, 3.05) is 12.3 Å². The summed E-state index contributed by atoms with van der Waals surface area (Å²) < 4.78 is 1.83. The van der Waals surface area contributed by atoms with Crippen molar-refractivity contribution in [2.45, 2.75) is 16.3 Å². The average molecular weight is 284 g/mol. The van der Waals surface area contributed by atoms with Crippen LogP contribution in [0.5, 0.6) is 0 Å². The summed E-state index contributed by atoms with van der Waals surface area (Å²) in [6.07, 6.45) is 3.61. The fraction of sp³-hybridized carbons (Fsp3) is 0.143. The molecule has 0 unspecified atom stereocenters. The fourth-order valence-electron chi connectivity index (χ4n) is 2.58. The minimum atomic E-state index is 0.0585. The Morgan fingerprint density at radius 2 is 2.20 bits per heavy atom. The average Bonchev–Trinajstić information content (AvgIpc) is 2.83. The number of aliphatic hydroxyl groups excluding tert-OH is 1. The molecular formula is C14H12N4OS. The summed E-state index contributed by atoms with van der Waals surface area (Å²) in [5, 5.41) is 14.9. The number of benzene rings is 1. The quantitative estimate of drug-likeness (QED) is 0.551. The molecule has 0 fully saturated rings. The first kappa shape index (κ1) is 11.7. The normalized spacial score (nSPS) is 12.7. The summed E-state index contributed by atoms with van der Waals surface area (Å²) in [7, 11) is 0. The molecule has 100 valence electrons. The number of hydrogen-bond acceptors (Lipinski definition) is 5. The summed E-state index contributed by atoms with van der Waals surface area (Å²) in [5.41, 5.74) is 9.80. The summed E-state index contributed by atoms with van der Waals surface area (Å²) in [6, 6.07) is 5.84. The van der Waals surface area contributed by atoms with Crippen molar-refractivity contribution in [3.63, 3.8) is 0 Å². The molecule has 20 heavy (non-hydrogen) atoms. The molecule has 0 spiro atoms. The number of aromatic nitrogens is 3. The Kier molecular flexibility index (Phi) is 2.48. The molecule has 3 aromatic rings. The maximum Gasteiger partial charge on any atom is 0.104 e. The van der Waals surface area contributed by atoms with Crippen LogP contribution in [0.3, 0.4) is 0 Å². The third-order valence-corrected chi connectivity index (χ3v) is 4.68. The van der Waals surface area contributed by atoms with E-state index in [0.29, 0.717) is 6.54 Å². The van der Waals surface area contributed by atoms with Gasteiger partial charge in [0.1, 0.15) is 5.69 Å². The molecule has 6 heteroatoms. The molecule has 0 radical (unpaired) electrons. The highest BCUT2D eigenvalue weighted by molar-refractivity contribution is 8.00. The van der Waals surface area contributed by atoms with Crippen LogP contribution < -0.4 is 5.73 Å². The van der Waals surface area contributed by atoms with Crippen molar-refractivity contribution < 1.29 is 5.11 Å². The third kappa shape index (κ3) is 1.49. The molecular weight excluding hydrogens is 272 g/mol. The second-order valence-corrected chi connectivity index (χ2v) is 5.70. The van der Waals surface area contributed by atoms with Crippen molar-refractivity contribution in [2.24, 2.45) is 0 Å². The first-order valence-electron chi connectivity index (χ1n) is 6.31. The van der Waals surface area contributed by atoms with Crippen LogP contribution in [0.4, 0.5) is 5.69 Å². The van der Waals surface area contributed by atoms with E-state index in [0.717, 1.165) is 37.6 Å². The number of rotatable bonds is 2. The fourth-order valence-corrected chi connectivity index (χ4v) is 3.68. The monoisotopic (exact) mass is 284 g/mol. The van der Waals surface area contributed by atoms with Crippen molar-refractivity contribution in [3.05, 3.63) is 30.6 Å². The molecule has 0 saturated heterocycles. The van der Waals surface area contributed by atoms with Gasteiger partial charge < -0.3 is 10.8 Å². The number of nitrogen functional groups attached to an aromatic ring is 1. The lowest BCUT2D eigenvalue weighted by molar-refractivity contribution is 0.272. The molecule has 0 bridgehead atoms. The predicted octanol–water partition coefficient (Wildman–Crippen LogP) is 2.14. The van der Waals surface area contributed by atoms with Gasteiger partial charge in [0.15, 0.2) is 0 Å². The molecule has 1 aliphatic rings. The third-order valence-electron chi connectivity index (χ3n) is 3.46. The van der Waals surface area contributed by atoms with E-state index in [1.807, 2.05) is 29.1 Å². The van der Waals surface area contributed by atoms with Crippen LogP contribution in [-0.4, -0.2) is 26.5 Å². The van der Waals surface area contributed by atoms with Gasteiger partial charge in [0.05, 0.1) is 18.7 Å². The molecule has 5 nitrogen and oxygen atoms in total. The van der Waals surface area contributed by atoms with Crippen molar-refractivity contribution >= 4 is 28.4 Å². The van der Waals surface area contributed by atoms with E-state index >= 15 is 0 Å². The number of hydrogen-bond donors (Lipinski definition) is 2. The minimum absolute atomic E-state index is 0.0585. The van der Waals surface area contributed by atoms with E-state index in [9.17, 15) is 5.11 Å². The van der Waals surface area contributed by atoms with Gasteiger partial charge in [-0.05, 0) is 18.2 Å². The van der Waals surface area contributed by atoms with Gasteiger partial charge in [-0.3, -0.25) is 9.67 Å². The number of pyridine rings is 1. The molecule has 2 aromatic heterocycles. The Bertz CT molecular complexity index is 827. The standard InChI is InChI=1S/C14H12N4OS/c15-9-1-2-10-12-13(17-18(10)5-6-19)8-7-16-4-3-11(8)20-14(9)12/h1-4,7,19H,5-6,15H2. The first-order valence-corrected chi connectivity index (χ1v) is 7.13. The van der Waals surface area contributed by atoms with E-state index < -0.39 is 0 Å². The zero-order valence-electron chi connectivity index (χ0n) is 10.6. The summed E-state index contributed by atoms with van der Waals surface area (Å²) >= 11 is 1.65. The van der Waals surface area contributed by atoms with Gasteiger partial charge >= 0.3 is 0 Å². The van der Waals surface area contributed by atoms with E-state index in [1.54, 1.807) is 18.0 Å². The molecule has 3 heterocycles. The highest BCUT2D eigenvalue weighted by Gasteiger charge is 2.25. The van der Waals surface area contributed by atoms with Gasteiger partial charge in [-0.1, -0.05) is 11.8 Å². The zero-order chi connectivity index (χ0) is 13.7. The Hall–Kier alpha value is -2.05. The number of anilines is 1. The topological polar surface area (TPSA) is 77.0 Å². The lowest BCUT2D eigenvalue weighted by Crippen LogP contribution is -2.03. The highest BCUT2D eigenvalue weighted by atomic mass is 32.2. The first-order chi connectivity index (χ1) is 9.79. The summed E-state index contributed by atoms with van der Waals surface area (Å²) in [5.74, 6) is 0. The van der Waals surface area contributed by atoms with Gasteiger partial charge in [-0.2, -0.15) is 5.10 Å². The van der Waals surface area contributed by atoms with Crippen LogP contribution in [0.1, 0.15) is 0 Å². The van der Waals surface area contributed by atoms with Gasteiger partial charge in [0.2, 0.25) is 0 Å². The van der Waals surface area contributed by atoms with Crippen LogP contribution in [0, 0.1) is 0 Å². The van der Waals surface area contributed by atoms with Crippen molar-refractivity contribution in [3.8, 4) is 11.3 Å². The second-order valence-electron chi connectivity index (χ2n) is 4.65. The Balaban J connectivity index is 2.12. The number of fused-ring (bicyclic) bond motifs is 2. The summed E-state index contributed by atoms with van der Waals surface area (Å²) in [6.45, 7) is 0.531. The molecule has 0 aliphatic carbocycles. The van der Waals surface area contributed by atoms with Crippen LogP contribution in [0.15, 0.2) is 40.4 Å². The summed E-state index contributed by atoms with van der Waals surface area (Å²) in [4.78, 5) is 6.35. The van der Waals surface area contributed by atoms with Crippen molar-refractivity contribution in [1.29, 1.82) is 0 Å². The minimum Gasteiger partial charge on any atom is -0.398 e. The van der Waals surface area contributed by atoms with E-state index in [2.05, 4.69) is 10.1 Å². The molecule has 0 amide bonds. The molecule has 1 aromatic carbocycles. The molecule has 0 atom stereocenters. The predicted molar refractivity (Wildman–Crippen MR) is 78.6 cm³/mol. The van der Waals surface area contributed by atoms with Crippen molar-refractivity contribution in [1.82, 2.24) is 14.8 Å². The van der Waals surface area contributed by atoms with E-state index in [1.165, 1.54) is 0 Å². The molecule has 4 rings (SSSR count). The molecule has 1 aliphatic heterocycles. The lowest BCUT2D eigenvalue weighted by atomic mass is 10.1. The Labute approximate surface area is 119 Å². The SMILES string of the molecule is Nc1ccc2c3c(nn2CCO)-c2cnccc2Sc13. The molecule has 3 N–H and O–H groups in total. The van der Waals surface area contributed by atoms with E-state index in [-0.39, 0.29) is 6.61 Å². The maximum atomic E-state index is 9.19. The van der Waals surface area contributed by atoms with Gasteiger partial charge in [-0.25, -0.2) is 0 Å². The number of nitrogens with two attached hydrogens (primary N) is 1. The second kappa shape index (κ2) is 4.22. The number of aliphatic hydroxyl groups is 1. The highest BCUT2D eigenvalue weighted by Crippen LogP contribution is 2.49. The van der Waals surface area contributed by atoms with E-state index in [4.69, 9.17) is 5.73 Å². The van der Waals surface area contributed by atoms with Crippen LogP contribution in [0.2, 0.25) is 0 Å². The van der Waals surface area contributed by atoms with Crippen LogP contribution in [0.25, 0.3) is 22.2 Å². The van der Waals surface area contributed by atoms with Crippen LogP contribution in [-0.2, 0) is 6.54 Å². The Morgan fingerprint density at radius 3 is 3.05 bits per heavy atom. The smallest absolute Gasteiger partial charge is 0.104 e. The van der Waals surface area contributed by atoms with Gasteiger partial charge in [0.25, 0.3) is 0 Å².